The van der Waals surface area contributed by atoms with Crippen LogP contribution in [-0.4, -0.2) is 17.7 Å². The van der Waals surface area contributed by atoms with Crippen molar-refractivity contribution in [3.05, 3.63) is 41.1 Å². The molecule has 0 saturated carbocycles. The van der Waals surface area contributed by atoms with Crippen LogP contribution < -0.4 is 0 Å². The predicted molar refractivity (Wildman–Crippen MR) is 101 cm³/mol. The van der Waals surface area contributed by atoms with Crippen LogP contribution in [0.4, 0.5) is 0 Å². The van der Waals surface area contributed by atoms with Crippen molar-refractivity contribution in [2.75, 3.05) is 13.1 Å². The summed E-state index contributed by atoms with van der Waals surface area (Å²) in [6, 6.07) is 10.2. The maximum Gasteiger partial charge on any atom is 0.104 e. The minimum atomic E-state index is -0.0684. The molecule has 0 aliphatic heterocycles. The Kier molecular flexibility index (Phi) is 11.0. The maximum atomic E-state index is 12.8. The first-order chi connectivity index (χ1) is 11.2. The molecule has 0 spiro atoms. The largest absolute Gasteiger partial charge is 0.633 e. The van der Waals surface area contributed by atoms with Gasteiger partial charge in [0.05, 0.1) is 13.1 Å². The van der Waals surface area contributed by atoms with Crippen molar-refractivity contribution in [2.24, 2.45) is 0 Å². The molecule has 1 rings (SSSR count). The average Bonchev–Trinajstić information content (AvgIpc) is 2.57. The molecule has 0 N–H and O–H groups in total. The van der Waals surface area contributed by atoms with E-state index in [2.05, 4.69) is 19.1 Å². The zero-order valence-electron chi connectivity index (χ0n) is 15.4. The van der Waals surface area contributed by atoms with Gasteiger partial charge in [0.25, 0.3) is 0 Å². The second-order valence-electron chi connectivity index (χ2n) is 6.92. The molecule has 2 nitrogen and oxygen atoms in total. The summed E-state index contributed by atoms with van der Waals surface area (Å²) in [6.07, 6.45) is 13.2. The van der Waals surface area contributed by atoms with E-state index >= 15 is 0 Å². The van der Waals surface area contributed by atoms with E-state index < -0.39 is 0 Å². The van der Waals surface area contributed by atoms with Crippen LogP contribution in [-0.2, 0) is 6.54 Å². The smallest absolute Gasteiger partial charge is 0.104 e. The third kappa shape index (κ3) is 9.78. The van der Waals surface area contributed by atoms with Crippen molar-refractivity contribution in [2.45, 2.75) is 84.6 Å². The number of unbranched alkanes of at least 4 members (excludes halogenated alkanes) is 9. The zero-order valence-corrected chi connectivity index (χ0v) is 15.4. The first-order valence-electron chi connectivity index (χ1n) is 9.81. The molecule has 1 aromatic carbocycles. The topological polar surface area (TPSA) is 23.1 Å². The summed E-state index contributed by atoms with van der Waals surface area (Å²) in [5.41, 5.74) is 1.16. The highest BCUT2D eigenvalue weighted by Crippen LogP contribution is 2.16. The molecule has 0 fully saturated rings. The lowest BCUT2D eigenvalue weighted by Crippen LogP contribution is -2.41. The van der Waals surface area contributed by atoms with Gasteiger partial charge in [0, 0.05) is 5.56 Å². The molecule has 132 valence electrons. The third-order valence-corrected chi connectivity index (χ3v) is 4.81. The first kappa shape index (κ1) is 20.2. The summed E-state index contributed by atoms with van der Waals surface area (Å²) in [5, 5.41) is 12.8. The number of hydrogen-bond acceptors (Lipinski definition) is 1. The van der Waals surface area contributed by atoms with E-state index in [4.69, 9.17) is 0 Å². The molecular weight excluding hydrogens is 282 g/mol. The minimum absolute atomic E-state index is 0.0684. The second-order valence-corrected chi connectivity index (χ2v) is 6.92. The number of nitrogens with zero attached hydrogens (tertiary/aromatic N) is 1. The summed E-state index contributed by atoms with van der Waals surface area (Å²) in [4.78, 5) is 0. The molecule has 0 amide bonds. The molecule has 0 radical (unpaired) electrons. The van der Waals surface area contributed by atoms with E-state index in [1.54, 1.807) is 0 Å². The second kappa shape index (κ2) is 12.5. The minimum Gasteiger partial charge on any atom is -0.633 e. The van der Waals surface area contributed by atoms with Crippen LogP contribution in [0.5, 0.6) is 0 Å². The van der Waals surface area contributed by atoms with Gasteiger partial charge >= 0.3 is 0 Å². The molecule has 0 bridgehead atoms. The van der Waals surface area contributed by atoms with Crippen molar-refractivity contribution in [3.63, 3.8) is 0 Å². The normalized spacial score (nSPS) is 13.9. The lowest BCUT2D eigenvalue weighted by molar-refractivity contribution is -0.892. The molecule has 0 aliphatic carbocycles. The highest BCUT2D eigenvalue weighted by molar-refractivity contribution is 5.13. The summed E-state index contributed by atoms with van der Waals surface area (Å²) >= 11 is 0. The van der Waals surface area contributed by atoms with E-state index in [0.717, 1.165) is 18.5 Å². The molecule has 1 unspecified atom stereocenters. The molecule has 0 aliphatic rings. The van der Waals surface area contributed by atoms with Gasteiger partial charge in [-0.1, -0.05) is 88.6 Å². The van der Waals surface area contributed by atoms with Gasteiger partial charge < -0.3 is 9.85 Å². The van der Waals surface area contributed by atoms with Gasteiger partial charge in [-0.05, 0) is 19.8 Å². The van der Waals surface area contributed by atoms with Crippen LogP contribution in [0.15, 0.2) is 30.3 Å². The SMILES string of the molecule is CCCCCCCCCCCC[N+]([O-])(CC)Cc1ccccc1. The Bertz CT molecular complexity index is 379. The van der Waals surface area contributed by atoms with Gasteiger partial charge in [-0.15, -0.1) is 0 Å². The van der Waals surface area contributed by atoms with Gasteiger partial charge in [-0.2, -0.15) is 0 Å². The summed E-state index contributed by atoms with van der Waals surface area (Å²) in [7, 11) is 0. The van der Waals surface area contributed by atoms with Crippen molar-refractivity contribution in [1.29, 1.82) is 0 Å². The number of hydrogen-bond donors (Lipinski definition) is 0. The number of rotatable bonds is 14. The van der Waals surface area contributed by atoms with Crippen molar-refractivity contribution >= 4 is 0 Å². The fraction of sp³-hybridized carbons (Fsp3) is 0.714. The Labute approximate surface area is 144 Å². The average molecular weight is 320 g/mol. The molecule has 0 heterocycles. The van der Waals surface area contributed by atoms with Crippen LogP contribution in [0.3, 0.4) is 0 Å². The molecule has 1 aromatic rings. The fourth-order valence-electron chi connectivity index (χ4n) is 3.15. The van der Waals surface area contributed by atoms with Gasteiger partial charge in [-0.25, -0.2) is 0 Å². The Morgan fingerprint density at radius 1 is 0.739 bits per heavy atom. The van der Waals surface area contributed by atoms with E-state index in [1.165, 1.54) is 57.8 Å². The first-order valence-corrected chi connectivity index (χ1v) is 9.81. The third-order valence-electron chi connectivity index (χ3n) is 4.81. The number of hydroxylamine groups is 3. The zero-order chi connectivity index (χ0) is 16.8. The summed E-state index contributed by atoms with van der Waals surface area (Å²) in [6.45, 7) is 6.35. The van der Waals surface area contributed by atoms with Crippen LogP contribution in [0.2, 0.25) is 0 Å². The van der Waals surface area contributed by atoms with E-state index in [0.29, 0.717) is 13.1 Å². The van der Waals surface area contributed by atoms with Gasteiger partial charge in [0.1, 0.15) is 6.54 Å². The fourth-order valence-corrected chi connectivity index (χ4v) is 3.15. The number of benzene rings is 1. The molecule has 0 saturated heterocycles. The molecule has 2 heteroatoms. The van der Waals surface area contributed by atoms with E-state index in [1.807, 2.05) is 25.1 Å². The van der Waals surface area contributed by atoms with E-state index in [-0.39, 0.29) is 4.65 Å². The Balaban J connectivity index is 2.08. The number of quaternary nitrogens is 1. The Hall–Kier alpha value is -0.860. The molecule has 23 heavy (non-hydrogen) atoms. The van der Waals surface area contributed by atoms with Gasteiger partial charge in [0.2, 0.25) is 0 Å². The van der Waals surface area contributed by atoms with Crippen LogP contribution in [0.25, 0.3) is 0 Å². The quantitative estimate of drug-likeness (QED) is 0.220. The van der Waals surface area contributed by atoms with Crippen molar-refractivity contribution in [3.8, 4) is 0 Å². The lowest BCUT2D eigenvalue weighted by atomic mass is 10.1. The van der Waals surface area contributed by atoms with Crippen LogP contribution >= 0.6 is 0 Å². The molecular formula is C21H37NO. The summed E-state index contributed by atoms with van der Waals surface area (Å²) in [5.74, 6) is 0. The maximum absolute atomic E-state index is 12.8. The van der Waals surface area contributed by atoms with Gasteiger partial charge in [-0.3, -0.25) is 0 Å². The van der Waals surface area contributed by atoms with Crippen LogP contribution in [0.1, 0.15) is 83.6 Å². The highest BCUT2D eigenvalue weighted by Gasteiger charge is 2.14. The van der Waals surface area contributed by atoms with E-state index in [9.17, 15) is 5.21 Å². The van der Waals surface area contributed by atoms with Crippen molar-refractivity contribution in [1.82, 2.24) is 0 Å². The Morgan fingerprint density at radius 3 is 1.78 bits per heavy atom. The standard InChI is InChI=1S/C21H37NO/c1-3-5-6-7-8-9-10-11-12-16-19-22(23,4-2)20-21-17-14-13-15-18-21/h13-15,17-18H,3-12,16,19-20H2,1-2H3. The van der Waals surface area contributed by atoms with Crippen LogP contribution in [0, 0.1) is 5.21 Å². The lowest BCUT2D eigenvalue weighted by Gasteiger charge is -2.42. The summed E-state index contributed by atoms with van der Waals surface area (Å²) < 4.78 is -0.0684. The molecule has 0 aromatic heterocycles. The Morgan fingerprint density at radius 2 is 1.26 bits per heavy atom. The predicted octanol–water partition coefficient (Wildman–Crippen LogP) is 6.44. The van der Waals surface area contributed by atoms with Gasteiger partial charge in [0.15, 0.2) is 0 Å². The van der Waals surface area contributed by atoms with Crippen molar-refractivity contribution < 1.29 is 4.65 Å². The highest BCUT2D eigenvalue weighted by atomic mass is 16.5. The monoisotopic (exact) mass is 319 g/mol. The molecule has 1 atom stereocenters.